The maximum absolute atomic E-state index is 13.0. The van der Waals surface area contributed by atoms with Crippen molar-refractivity contribution in [1.29, 1.82) is 0 Å². The molecule has 0 saturated carbocycles. The molecular weight excluding hydrogens is 302 g/mol. The number of aliphatic hydroxyl groups excluding tert-OH is 1. The molecule has 0 radical (unpaired) electrons. The van der Waals surface area contributed by atoms with Gasteiger partial charge in [0.05, 0.1) is 18.3 Å². The molecule has 24 heavy (non-hydrogen) atoms. The van der Waals surface area contributed by atoms with Gasteiger partial charge in [-0.1, -0.05) is 19.9 Å². The largest absolute Gasteiger partial charge is 0.394 e. The molecule has 0 unspecified atom stereocenters. The number of aliphatic hydroxyl groups is 1. The zero-order valence-electron chi connectivity index (χ0n) is 14.5. The highest BCUT2D eigenvalue weighted by Gasteiger charge is 2.40. The summed E-state index contributed by atoms with van der Waals surface area (Å²) in [7, 11) is 0. The number of aromatic amines is 1. The summed E-state index contributed by atoms with van der Waals surface area (Å²) in [6.45, 7) is 6.34. The topological polar surface area (TPSA) is 68.4 Å². The smallest absolute Gasteiger partial charge is 0.243 e. The minimum Gasteiger partial charge on any atom is -0.394 e. The second kappa shape index (κ2) is 5.52. The second-order valence-corrected chi connectivity index (χ2v) is 7.55. The Labute approximate surface area is 142 Å². The van der Waals surface area contributed by atoms with Gasteiger partial charge in [-0.2, -0.15) is 0 Å². The summed E-state index contributed by atoms with van der Waals surface area (Å²) in [6.07, 6.45) is 3.64. The Bertz CT molecular complexity index is 795. The lowest BCUT2D eigenvalue weighted by molar-refractivity contribution is -0.124. The molecule has 1 amide bonds. The van der Waals surface area contributed by atoms with Crippen LogP contribution in [-0.4, -0.2) is 40.7 Å². The third-order valence-electron chi connectivity index (χ3n) is 5.47. The minimum absolute atomic E-state index is 0.0230. The maximum atomic E-state index is 13.0. The van der Waals surface area contributed by atoms with Crippen LogP contribution >= 0.6 is 0 Å². The van der Waals surface area contributed by atoms with Crippen molar-refractivity contribution in [1.82, 2.24) is 10.3 Å². The number of hydrogen-bond donors (Lipinski definition) is 3. The molecular formula is C19H25N3O2. The van der Waals surface area contributed by atoms with Gasteiger partial charge in [0, 0.05) is 23.1 Å². The van der Waals surface area contributed by atoms with Gasteiger partial charge in [0.15, 0.2) is 0 Å². The third kappa shape index (κ3) is 2.14. The molecule has 3 atom stereocenters. The number of amides is 1. The molecule has 0 aliphatic carbocycles. The van der Waals surface area contributed by atoms with Crippen molar-refractivity contribution in [3.05, 3.63) is 29.5 Å². The number of carbonyl (C=O) groups is 1. The lowest BCUT2D eigenvalue weighted by Crippen LogP contribution is -2.54. The average molecular weight is 327 g/mol. The van der Waals surface area contributed by atoms with Gasteiger partial charge < -0.3 is 20.3 Å². The number of anilines is 1. The molecule has 2 aliphatic rings. The number of benzene rings is 1. The summed E-state index contributed by atoms with van der Waals surface area (Å²) in [6, 6.07) is 4.15. The molecule has 0 fully saturated rings. The van der Waals surface area contributed by atoms with Crippen LogP contribution in [0.2, 0.25) is 0 Å². The molecule has 128 valence electrons. The average Bonchev–Trinajstić information content (AvgIpc) is 3.08. The minimum atomic E-state index is -0.246. The van der Waals surface area contributed by atoms with Crippen molar-refractivity contribution in [2.45, 2.75) is 51.7 Å². The van der Waals surface area contributed by atoms with Gasteiger partial charge in [0.1, 0.15) is 6.04 Å². The van der Waals surface area contributed by atoms with E-state index in [2.05, 4.69) is 48.1 Å². The van der Waals surface area contributed by atoms with Crippen LogP contribution in [0.4, 0.5) is 5.69 Å². The summed E-state index contributed by atoms with van der Waals surface area (Å²) < 4.78 is 0. The van der Waals surface area contributed by atoms with E-state index in [4.69, 9.17) is 0 Å². The van der Waals surface area contributed by atoms with Crippen molar-refractivity contribution in [2.24, 2.45) is 5.92 Å². The van der Waals surface area contributed by atoms with Gasteiger partial charge in [-0.15, -0.1) is 0 Å². The number of H-pyrrole nitrogens is 1. The Morgan fingerprint density at radius 2 is 2.08 bits per heavy atom. The van der Waals surface area contributed by atoms with Crippen molar-refractivity contribution < 1.29 is 9.90 Å². The summed E-state index contributed by atoms with van der Waals surface area (Å²) in [5.74, 6) is 0.211. The van der Waals surface area contributed by atoms with E-state index in [1.54, 1.807) is 0 Å². The van der Waals surface area contributed by atoms with E-state index in [1.807, 2.05) is 6.20 Å². The van der Waals surface area contributed by atoms with E-state index in [0.717, 1.165) is 11.9 Å². The Morgan fingerprint density at radius 3 is 2.79 bits per heavy atom. The first-order valence-electron chi connectivity index (χ1n) is 8.82. The highest BCUT2D eigenvalue weighted by molar-refractivity contribution is 6.01. The van der Waals surface area contributed by atoms with Crippen molar-refractivity contribution in [2.75, 3.05) is 11.5 Å². The van der Waals surface area contributed by atoms with Crippen molar-refractivity contribution >= 4 is 22.5 Å². The Hall–Kier alpha value is -2.01. The summed E-state index contributed by atoms with van der Waals surface area (Å²) in [4.78, 5) is 18.7. The molecule has 2 aliphatic heterocycles. The number of hydrogen-bond acceptors (Lipinski definition) is 3. The number of carbonyl (C=O) groups excluding carboxylic acids is 1. The fourth-order valence-corrected chi connectivity index (χ4v) is 4.45. The lowest BCUT2D eigenvalue weighted by atomic mass is 9.99. The van der Waals surface area contributed by atoms with Gasteiger partial charge >= 0.3 is 0 Å². The van der Waals surface area contributed by atoms with Crippen LogP contribution in [0, 0.1) is 5.92 Å². The van der Waals surface area contributed by atoms with Gasteiger partial charge in [-0.05, 0) is 42.9 Å². The first-order valence-corrected chi connectivity index (χ1v) is 8.82. The zero-order chi connectivity index (χ0) is 17.0. The highest BCUT2D eigenvalue weighted by Crippen LogP contribution is 2.43. The van der Waals surface area contributed by atoms with Crippen LogP contribution in [0.25, 0.3) is 10.9 Å². The van der Waals surface area contributed by atoms with Gasteiger partial charge in [0.25, 0.3) is 0 Å². The SMILES string of the molecule is CC(C)[C@H]1C(=O)N[C@H](CO)Cc2c[nH]c3ccc4c(c23)N1[C@H](C)C4. The maximum Gasteiger partial charge on any atom is 0.243 e. The van der Waals surface area contributed by atoms with Crippen LogP contribution in [-0.2, 0) is 17.6 Å². The summed E-state index contributed by atoms with van der Waals surface area (Å²) in [5, 5.41) is 14.0. The molecule has 3 N–H and O–H groups in total. The van der Waals surface area contributed by atoms with E-state index in [-0.39, 0.29) is 36.6 Å². The predicted octanol–water partition coefficient (Wildman–Crippen LogP) is 1.98. The molecule has 5 heteroatoms. The van der Waals surface area contributed by atoms with Crippen LogP contribution < -0.4 is 10.2 Å². The third-order valence-corrected chi connectivity index (χ3v) is 5.47. The molecule has 5 nitrogen and oxygen atoms in total. The molecule has 3 heterocycles. The first kappa shape index (κ1) is 15.5. The lowest BCUT2D eigenvalue weighted by Gasteiger charge is -2.36. The zero-order valence-corrected chi connectivity index (χ0v) is 14.5. The first-order chi connectivity index (χ1) is 11.5. The van der Waals surface area contributed by atoms with E-state index < -0.39 is 0 Å². The van der Waals surface area contributed by atoms with E-state index in [9.17, 15) is 9.90 Å². The van der Waals surface area contributed by atoms with E-state index in [0.29, 0.717) is 6.42 Å². The second-order valence-electron chi connectivity index (χ2n) is 7.55. The summed E-state index contributed by atoms with van der Waals surface area (Å²) in [5.41, 5.74) is 4.81. The van der Waals surface area contributed by atoms with Crippen molar-refractivity contribution in [3.63, 3.8) is 0 Å². The fourth-order valence-electron chi connectivity index (χ4n) is 4.45. The van der Waals surface area contributed by atoms with E-state index >= 15 is 0 Å². The monoisotopic (exact) mass is 327 g/mol. The van der Waals surface area contributed by atoms with E-state index in [1.165, 1.54) is 22.2 Å². The van der Waals surface area contributed by atoms with Gasteiger partial charge in [-0.25, -0.2) is 0 Å². The van der Waals surface area contributed by atoms with Crippen LogP contribution in [0.5, 0.6) is 0 Å². The molecule has 0 saturated heterocycles. The number of nitrogens with zero attached hydrogens (tertiary/aromatic N) is 1. The number of rotatable bonds is 2. The van der Waals surface area contributed by atoms with Crippen molar-refractivity contribution in [3.8, 4) is 0 Å². The Balaban J connectivity index is 1.99. The molecule has 2 aromatic rings. The predicted molar refractivity (Wildman–Crippen MR) is 95.3 cm³/mol. The normalized spacial score (nSPS) is 26.5. The standard InChI is InChI=1S/C19H25N3O2/c1-10(2)17-19(24)21-14(9-23)7-13-8-20-15-5-4-12-6-11(3)22(17)18(12)16(13)15/h4-5,8,10-11,14,17,20,23H,6-7,9H2,1-3H3,(H,21,24)/t11-,14+,17+/m1/s1. The Kier molecular flexibility index (Phi) is 3.57. The summed E-state index contributed by atoms with van der Waals surface area (Å²) >= 11 is 0. The van der Waals surface area contributed by atoms with Crippen LogP contribution in [0.1, 0.15) is 31.9 Å². The molecule has 0 bridgehead atoms. The molecule has 0 spiro atoms. The van der Waals surface area contributed by atoms with Crippen LogP contribution in [0.15, 0.2) is 18.3 Å². The van der Waals surface area contributed by atoms with Crippen LogP contribution in [0.3, 0.4) is 0 Å². The molecule has 1 aromatic carbocycles. The molecule has 1 aromatic heterocycles. The van der Waals surface area contributed by atoms with Gasteiger partial charge in [-0.3, -0.25) is 4.79 Å². The highest BCUT2D eigenvalue weighted by atomic mass is 16.3. The molecule has 4 rings (SSSR count). The quantitative estimate of drug-likeness (QED) is 0.790. The fraction of sp³-hybridized carbons (Fsp3) is 0.526. The number of aromatic nitrogens is 1. The van der Waals surface area contributed by atoms with Gasteiger partial charge in [0.2, 0.25) is 5.91 Å². The number of nitrogens with one attached hydrogen (secondary N) is 2. The Morgan fingerprint density at radius 1 is 1.29 bits per heavy atom.